The van der Waals surface area contributed by atoms with Gasteiger partial charge in [-0.2, -0.15) is 17.5 Å². The van der Waals surface area contributed by atoms with E-state index in [0.29, 0.717) is 16.1 Å². The fourth-order valence-electron chi connectivity index (χ4n) is 2.74. The number of carbonyl (C=O) groups excluding carboxylic acids is 1. The SMILES string of the molecule is C=CCN(CC(=O)NCCOc1cccc(C)c1)S(=O)(=O)c1ccccc1C(F)(F)F. The predicted octanol–water partition coefficient (Wildman–Crippen LogP) is 3.39. The highest BCUT2D eigenvalue weighted by atomic mass is 32.2. The van der Waals surface area contributed by atoms with Gasteiger partial charge in [0.05, 0.1) is 23.5 Å². The first kappa shape index (κ1) is 24.4. The highest BCUT2D eigenvalue weighted by Crippen LogP contribution is 2.35. The molecular formula is C21H23F3N2O4S. The fraction of sp³-hybridized carbons (Fsp3) is 0.286. The summed E-state index contributed by atoms with van der Waals surface area (Å²) in [5, 5.41) is 2.50. The minimum atomic E-state index is -4.86. The molecule has 0 radical (unpaired) electrons. The Kier molecular flexibility index (Phi) is 8.23. The van der Waals surface area contributed by atoms with Gasteiger partial charge >= 0.3 is 6.18 Å². The molecule has 168 valence electrons. The fourth-order valence-corrected chi connectivity index (χ4v) is 4.32. The highest BCUT2D eigenvalue weighted by molar-refractivity contribution is 7.89. The third-order valence-corrected chi connectivity index (χ3v) is 6.02. The molecule has 0 bridgehead atoms. The van der Waals surface area contributed by atoms with E-state index in [4.69, 9.17) is 4.74 Å². The molecule has 0 spiro atoms. The minimum absolute atomic E-state index is 0.0912. The van der Waals surface area contributed by atoms with Crippen LogP contribution in [-0.2, 0) is 21.0 Å². The van der Waals surface area contributed by atoms with Gasteiger partial charge in [-0.15, -0.1) is 6.58 Å². The second kappa shape index (κ2) is 10.5. The number of amides is 1. The maximum atomic E-state index is 13.3. The predicted molar refractivity (Wildman–Crippen MR) is 110 cm³/mol. The van der Waals surface area contributed by atoms with Gasteiger partial charge in [0, 0.05) is 6.54 Å². The number of carbonyl (C=O) groups is 1. The number of nitrogens with one attached hydrogen (secondary N) is 1. The molecule has 0 aliphatic heterocycles. The zero-order valence-electron chi connectivity index (χ0n) is 16.9. The summed E-state index contributed by atoms with van der Waals surface area (Å²) < 4.78 is 71.6. The van der Waals surface area contributed by atoms with Crippen molar-refractivity contribution in [3.63, 3.8) is 0 Å². The van der Waals surface area contributed by atoms with E-state index in [2.05, 4.69) is 11.9 Å². The summed E-state index contributed by atoms with van der Waals surface area (Å²) in [6, 6.07) is 11.1. The quantitative estimate of drug-likeness (QED) is 0.439. The monoisotopic (exact) mass is 456 g/mol. The Morgan fingerprint density at radius 1 is 1.19 bits per heavy atom. The number of ether oxygens (including phenoxy) is 1. The third kappa shape index (κ3) is 6.83. The van der Waals surface area contributed by atoms with Crippen molar-refractivity contribution in [1.82, 2.24) is 9.62 Å². The molecule has 2 aromatic carbocycles. The average molecular weight is 456 g/mol. The molecule has 0 saturated carbocycles. The number of aryl methyl sites for hydroxylation is 1. The molecule has 31 heavy (non-hydrogen) atoms. The van der Waals surface area contributed by atoms with Crippen molar-refractivity contribution in [1.29, 1.82) is 0 Å². The van der Waals surface area contributed by atoms with Gasteiger partial charge < -0.3 is 10.1 Å². The van der Waals surface area contributed by atoms with Gasteiger partial charge in [-0.25, -0.2) is 8.42 Å². The van der Waals surface area contributed by atoms with Crippen LogP contribution >= 0.6 is 0 Å². The lowest BCUT2D eigenvalue weighted by atomic mass is 10.2. The van der Waals surface area contributed by atoms with Gasteiger partial charge in [0.25, 0.3) is 0 Å². The largest absolute Gasteiger partial charge is 0.492 e. The van der Waals surface area contributed by atoms with Crippen LogP contribution in [0.3, 0.4) is 0 Å². The van der Waals surface area contributed by atoms with Crippen LogP contribution in [0.15, 0.2) is 66.1 Å². The Labute approximate surface area is 179 Å². The number of alkyl halides is 3. The third-order valence-electron chi connectivity index (χ3n) is 4.15. The van der Waals surface area contributed by atoms with Crippen molar-refractivity contribution in [2.45, 2.75) is 18.0 Å². The van der Waals surface area contributed by atoms with Crippen molar-refractivity contribution in [2.24, 2.45) is 0 Å². The second-order valence-electron chi connectivity index (χ2n) is 6.60. The molecule has 0 aliphatic carbocycles. The first-order valence-corrected chi connectivity index (χ1v) is 10.7. The number of sulfonamides is 1. The molecule has 0 atom stereocenters. The molecule has 1 N–H and O–H groups in total. The molecule has 2 rings (SSSR count). The van der Waals surface area contributed by atoms with Gasteiger partial charge in [-0.05, 0) is 36.8 Å². The first-order valence-electron chi connectivity index (χ1n) is 9.29. The summed E-state index contributed by atoms with van der Waals surface area (Å²) in [5.74, 6) is -0.0587. The van der Waals surface area contributed by atoms with E-state index < -0.39 is 39.1 Å². The van der Waals surface area contributed by atoms with Crippen LogP contribution in [0.4, 0.5) is 13.2 Å². The molecule has 0 aliphatic rings. The Hall–Kier alpha value is -2.85. The van der Waals surface area contributed by atoms with Crippen LogP contribution in [0.2, 0.25) is 0 Å². The number of hydrogen-bond acceptors (Lipinski definition) is 4. The van der Waals surface area contributed by atoms with Crippen LogP contribution in [0.5, 0.6) is 5.75 Å². The zero-order valence-corrected chi connectivity index (χ0v) is 17.7. The van der Waals surface area contributed by atoms with Gasteiger partial charge in [0.1, 0.15) is 12.4 Å². The number of benzene rings is 2. The molecule has 0 aromatic heterocycles. The van der Waals surface area contributed by atoms with Crippen molar-refractivity contribution in [3.05, 3.63) is 72.3 Å². The Morgan fingerprint density at radius 2 is 1.90 bits per heavy atom. The molecule has 1 amide bonds. The van der Waals surface area contributed by atoms with Gasteiger partial charge in [0.2, 0.25) is 15.9 Å². The van der Waals surface area contributed by atoms with E-state index in [1.165, 1.54) is 12.1 Å². The Morgan fingerprint density at radius 3 is 2.55 bits per heavy atom. The Balaban J connectivity index is 2.05. The summed E-state index contributed by atoms with van der Waals surface area (Å²) in [4.78, 5) is 11.3. The normalized spacial score (nSPS) is 11.9. The van der Waals surface area contributed by atoms with E-state index in [1.807, 2.05) is 25.1 Å². The maximum Gasteiger partial charge on any atom is 0.417 e. The minimum Gasteiger partial charge on any atom is -0.492 e. The van der Waals surface area contributed by atoms with E-state index in [0.717, 1.165) is 17.7 Å². The van der Waals surface area contributed by atoms with Gasteiger partial charge in [-0.1, -0.05) is 30.3 Å². The topological polar surface area (TPSA) is 75.7 Å². The standard InChI is InChI=1S/C21H23F3N2O4S/c1-3-12-26(31(28,29)19-10-5-4-9-18(19)21(22,23)24)15-20(27)25-11-13-30-17-8-6-7-16(2)14-17/h3-10,14H,1,11-13,15H2,2H3,(H,25,27). The number of hydrogen-bond donors (Lipinski definition) is 1. The summed E-state index contributed by atoms with van der Waals surface area (Å²) in [6.45, 7) is 4.56. The van der Waals surface area contributed by atoms with Crippen molar-refractivity contribution >= 4 is 15.9 Å². The van der Waals surface area contributed by atoms with Crippen LogP contribution in [0.1, 0.15) is 11.1 Å². The number of nitrogens with zero attached hydrogens (tertiary/aromatic N) is 1. The highest BCUT2D eigenvalue weighted by Gasteiger charge is 2.39. The molecule has 0 unspecified atom stereocenters. The summed E-state index contributed by atoms with van der Waals surface area (Å²) in [6.07, 6.45) is -3.67. The van der Waals surface area contributed by atoms with E-state index in [-0.39, 0.29) is 19.7 Å². The van der Waals surface area contributed by atoms with Crippen LogP contribution < -0.4 is 10.1 Å². The lowest BCUT2D eigenvalue weighted by Gasteiger charge is -2.22. The van der Waals surface area contributed by atoms with Crippen LogP contribution in [0.25, 0.3) is 0 Å². The number of rotatable bonds is 10. The molecule has 6 nitrogen and oxygen atoms in total. The lowest BCUT2D eigenvalue weighted by Crippen LogP contribution is -2.42. The second-order valence-corrected chi connectivity index (χ2v) is 8.50. The molecular weight excluding hydrogens is 433 g/mol. The summed E-state index contributed by atoms with van der Waals surface area (Å²) in [5.41, 5.74) is -0.290. The maximum absolute atomic E-state index is 13.3. The van der Waals surface area contributed by atoms with Crippen LogP contribution in [0, 0.1) is 6.92 Å². The zero-order chi connectivity index (χ0) is 23.1. The lowest BCUT2D eigenvalue weighted by molar-refractivity contribution is -0.139. The van der Waals surface area contributed by atoms with Crippen molar-refractivity contribution < 1.29 is 31.1 Å². The smallest absolute Gasteiger partial charge is 0.417 e. The van der Waals surface area contributed by atoms with E-state index in [9.17, 15) is 26.4 Å². The van der Waals surface area contributed by atoms with Gasteiger partial charge in [0.15, 0.2) is 0 Å². The Bertz CT molecular complexity index is 1020. The van der Waals surface area contributed by atoms with Crippen molar-refractivity contribution in [3.8, 4) is 5.75 Å². The first-order chi connectivity index (χ1) is 14.6. The van der Waals surface area contributed by atoms with E-state index >= 15 is 0 Å². The average Bonchev–Trinajstić information content (AvgIpc) is 2.70. The molecule has 10 heteroatoms. The molecule has 2 aromatic rings. The van der Waals surface area contributed by atoms with Crippen LogP contribution in [-0.4, -0.2) is 44.9 Å². The van der Waals surface area contributed by atoms with Crippen molar-refractivity contribution in [2.75, 3.05) is 26.2 Å². The molecule has 0 saturated heterocycles. The van der Waals surface area contributed by atoms with Gasteiger partial charge in [-0.3, -0.25) is 4.79 Å². The molecule has 0 heterocycles. The molecule has 0 fully saturated rings. The van der Waals surface area contributed by atoms with E-state index in [1.54, 1.807) is 6.07 Å². The summed E-state index contributed by atoms with van der Waals surface area (Å²) >= 11 is 0. The summed E-state index contributed by atoms with van der Waals surface area (Å²) in [7, 11) is -4.60. The number of halogens is 3.